The molecular formula is C22H29NO4S. The van der Waals surface area contributed by atoms with Gasteiger partial charge >= 0.3 is 0 Å². The molecule has 0 radical (unpaired) electrons. The summed E-state index contributed by atoms with van der Waals surface area (Å²) in [5.74, 6) is 0.714. The topological polar surface area (TPSA) is 66.8 Å². The second-order valence-corrected chi connectivity index (χ2v) is 9.23. The molecule has 0 saturated heterocycles. The first-order valence-corrected chi connectivity index (χ1v) is 10.7. The lowest BCUT2D eigenvalue weighted by molar-refractivity contribution is 0.172. The summed E-state index contributed by atoms with van der Waals surface area (Å²) in [6.45, 7) is 7.57. The van der Waals surface area contributed by atoms with Crippen molar-refractivity contribution < 1.29 is 18.3 Å². The monoisotopic (exact) mass is 403 g/mol. The number of rotatable bonds is 10. The summed E-state index contributed by atoms with van der Waals surface area (Å²) in [6.07, 6.45) is 0.755. The number of sulfonamides is 1. The Labute approximate surface area is 168 Å². The highest BCUT2D eigenvalue weighted by Crippen LogP contribution is 2.22. The van der Waals surface area contributed by atoms with Crippen molar-refractivity contribution in [1.29, 1.82) is 0 Å². The van der Waals surface area contributed by atoms with Crippen molar-refractivity contribution in [1.82, 2.24) is 4.31 Å². The van der Waals surface area contributed by atoms with Crippen molar-refractivity contribution >= 4 is 10.0 Å². The van der Waals surface area contributed by atoms with Gasteiger partial charge in [-0.25, -0.2) is 8.42 Å². The minimum Gasteiger partial charge on any atom is -0.497 e. The van der Waals surface area contributed by atoms with Gasteiger partial charge in [-0.15, -0.1) is 6.58 Å². The minimum absolute atomic E-state index is 0.214. The van der Waals surface area contributed by atoms with Crippen molar-refractivity contribution in [3.63, 3.8) is 0 Å². The van der Waals surface area contributed by atoms with Crippen molar-refractivity contribution in [2.24, 2.45) is 0 Å². The standard InChI is InChI=1S/C22H29NO4S/c1-5-6-22(24)18(3)28(25,26)23(15-19-9-7-17(2)8-10-19)16-20-11-13-21(27-4)14-12-20/h5,7-14,18,22,24H,1,6,15-16H2,2-4H3/t18-,22-/m0/s1. The summed E-state index contributed by atoms with van der Waals surface area (Å²) >= 11 is 0. The zero-order valence-corrected chi connectivity index (χ0v) is 17.5. The zero-order valence-electron chi connectivity index (χ0n) is 16.7. The number of ether oxygens (including phenoxy) is 1. The van der Waals surface area contributed by atoms with Crippen LogP contribution in [-0.2, 0) is 23.1 Å². The van der Waals surface area contributed by atoms with Crippen LogP contribution in [0.5, 0.6) is 5.75 Å². The molecule has 0 aromatic heterocycles. The van der Waals surface area contributed by atoms with Gasteiger partial charge < -0.3 is 9.84 Å². The molecule has 0 saturated carbocycles. The number of nitrogens with zero attached hydrogens (tertiary/aromatic N) is 1. The molecule has 0 fully saturated rings. The number of methoxy groups -OCH3 is 1. The Morgan fingerprint density at radius 2 is 1.57 bits per heavy atom. The van der Waals surface area contributed by atoms with E-state index in [0.717, 1.165) is 16.7 Å². The van der Waals surface area contributed by atoms with Gasteiger partial charge in [-0.1, -0.05) is 48.0 Å². The fourth-order valence-electron chi connectivity index (χ4n) is 2.86. The molecule has 0 heterocycles. The lowest BCUT2D eigenvalue weighted by atomic mass is 10.1. The van der Waals surface area contributed by atoms with Gasteiger partial charge in [0.1, 0.15) is 5.75 Å². The van der Waals surface area contributed by atoms with Crippen LogP contribution in [-0.4, -0.2) is 36.3 Å². The number of aryl methyl sites for hydroxylation is 1. The van der Waals surface area contributed by atoms with Crippen LogP contribution >= 0.6 is 0 Å². The Kier molecular flexibility index (Phi) is 7.80. The summed E-state index contributed by atoms with van der Waals surface area (Å²) in [4.78, 5) is 0. The van der Waals surface area contributed by atoms with E-state index in [1.54, 1.807) is 14.0 Å². The molecule has 0 aliphatic heterocycles. The number of benzene rings is 2. The molecule has 0 spiro atoms. The second kappa shape index (κ2) is 9.87. The van der Waals surface area contributed by atoms with E-state index in [4.69, 9.17) is 4.74 Å². The number of aliphatic hydroxyl groups excluding tert-OH is 1. The fraction of sp³-hybridized carbons (Fsp3) is 0.364. The second-order valence-electron chi connectivity index (χ2n) is 6.94. The SMILES string of the molecule is C=CC[C@H](O)[C@H](C)S(=O)(=O)N(Cc1ccc(C)cc1)Cc1ccc(OC)cc1. The molecule has 0 aliphatic carbocycles. The molecule has 0 aliphatic rings. The molecule has 5 nitrogen and oxygen atoms in total. The van der Waals surface area contributed by atoms with Gasteiger partial charge in [0, 0.05) is 13.1 Å². The van der Waals surface area contributed by atoms with Gasteiger partial charge in [-0.2, -0.15) is 4.31 Å². The van der Waals surface area contributed by atoms with Crippen LogP contribution in [0, 0.1) is 6.92 Å². The molecule has 6 heteroatoms. The van der Waals surface area contributed by atoms with E-state index in [1.807, 2.05) is 55.5 Å². The van der Waals surface area contributed by atoms with Crippen LogP contribution in [0.4, 0.5) is 0 Å². The van der Waals surface area contributed by atoms with Crippen LogP contribution in [0.3, 0.4) is 0 Å². The Bertz CT molecular complexity index is 860. The Morgan fingerprint density at radius 3 is 2.04 bits per heavy atom. The lowest BCUT2D eigenvalue weighted by Crippen LogP contribution is -2.42. The van der Waals surface area contributed by atoms with Crippen LogP contribution in [0.25, 0.3) is 0 Å². The van der Waals surface area contributed by atoms with Crippen LogP contribution in [0.2, 0.25) is 0 Å². The van der Waals surface area contributed by atoms with Gasteiger partial charge in [0.2, 0.25) is 10.0 Å². The van der Waals surface area contributed by atoms with Crippen LogP contribution < -0.4 is 4.74 Å². The maximum Gasteiger partial charge on any atom is 0.219 e. The highest BCUT2D eigenvalue weighted by molar-refractivity contribution is 7.89. The van der Waals surface area contributed by atoms with Gasteiger partial charge in [0.25, 0.3) is 0 Å². The maximum atomic E-state index is 13.3. The molecule has 2 atom stereocenters. The molecule has 2 aromatic carbocycles. The zero-order chi connectivity index (χ0) is 20.7. The highest BCUT2D eigenvalue weighted by atomic mass is 32.2. The van der Waals surface area contributed by atoms with Crippen LogP contribution in [0.1, 0.15) is 30.0 Å². The smallest absolute Gasteiger partial charge is 0.219 e. The molecule has 0 unspecified atom stereocenters. The third-order valence-corrected chi connectivity index (χ3v) is 7.01. The third-order valence-electron chi connectivity index (χ3n) is 4.78. The van der Waals surface area contributed by atoms with Crippen molar-refractivity contribution in [2.75, 3.05) is 7.11 Å². The molecule has 0 bridgehead atoms. The van der Waals surface area contributed by atoms with E-state index in [9.17, 15) is 13.5 Å². The van der Waals surface area contributed by atoms with E-state index in [1.165, 1.54) is 10.4 Å². The molecule has 28 heavy (non-hydrogen) atoms. The number of hydrogen-bond acceptors (Lipinski definition) is 4. The number of hydrogen-bond donors (Lipinski definition) is 1. The van der Waals surface area contributed by atoms with E-state index >= 15 is 0 Å². The molecule has 0 amide bonds. The van der Waals surface area contributed by atoms with Gasteiger partial charge in [0.05, 0.1) is 18.5 Å². The quantitative estimate of drug-likeness (QED) is 0.615. The van der Waals surface area contributed by atoms with E-state index in [2.05, 4.69) is 6.58 Å². The van der Waals surface area contributed by atoms with E-state index < -0.39 is 21.4 Å². The summed E-state index contributed by atoms with van der Waals surface area (Å²) in [5, 5.41) is 9.31. The predicted molar refractivity (Wildman–Crippen MR) is 113 cm³/mol. The Hall–Kier alpha value is -2.15. The van der Waals surface area contributed by atoms with Crippen LogP contribution in [0.15, 0.2) is 61.2 Å². The van der Waals surface area contributed by atoms with Gasteiger partial charge in [-0.3, -0.25) is 0 Å². The third kappa shape index (κ3) is 5.67. The van der Waals surface area contributed by atoms with E-state index in [-0.39, 0.29) is 19.5 Å². The van der Waals surface area contributed by atoms with Gasteiger partial charge in [-0.05, 0) is 43.5 Å². The Balaban J connectivity index is 2.32. The molecule has 1 N–H and O–H groups in total. The minimum atomic E-state index is -3.74. The normalized spacial score (nSPS) is 13.9. The first-order valence-electron chi connectivity index (χ1n) is 9.24. The first-order chi connectivity index (χ1) is 13.3. The predicted octanol–water partition coefficient (Wildman–Crippen LogP) is 3.66. The molecule has 2 rings (SSSR count). The first kappa shape index (κ1) is 22.1. The van der Waals surface area contributed by atoms with Crippen molar-refractivity contribution in [3.05, 3.63) is 77.9 Å². The van der Waals surface area contributed by atoms with E-state index in [0.29, 0.717) is 5.75 Å². The van der Waals surface area contributed by atoms with Crippen molar-refractivity contribution in [3.8, 4) is 5.75 Å². The van der Waals surface area contributed by atoms with Gasteiger partial charge in [0.15, 0.2) is 0 Å². The highest BCUT2D eigenvalue weighted by Gasteiger charge is 2.33. The average molecular weight is 404 g/mol. The summed E-state index contributed by atoms with van der Waals surface area (Å²) in [5.41, 5.74) is 2.86. The Morgan fingerprint density at radius 1 is 1.07 bits per heavy atom. The molecule has 2 aromatic rings. The maximum absolute atomic E-state index is 13.3. The van der Waals surface area contributed by atoms with Crippen molar-refractivity contribution in [2.45, 2.75) is 44.7 Å². The summed E-state index contributed by atoms with van der Waals surface area (Å²) in [7, 11) is -2.15. The molecular weight excluding hydrogens is 374 g/mol. The lowest BCUT2D eigenvalue weighted by Gasteiger charge is -2.28. The molecule has 152 valence electrons. The largest absolute Gasteiger partial charge is 0.497 e. The summed E-state index contributed by atoms with van der Waals surface area (Å²) in [6, 6.07) is 15.1. The fourth-order valence-corrected chi connectivity index (χ4v) is 4.50. The average Bonchev–Trinajstić information content (AvgIpc) is 2.69. The summed E-state index contributed by atoms with van der Waals surface area (Å²) < 4.78 is 33.1. The number of aliphatic hydroxyl groups is 1.